The van der Waals surface area contributed by atoms with Crippen molar-refractivity contribution in [1.29, 1.82) is 0 Å². The first-order valence-corrected chi connectivity index (χ1v) is 8.15. The summed E-state index contributed by atoms with van der Waals surface area (Å²) in [5.74, 6) is -1.07. The Morgan fingerprint density at radius 1 is 1.35 bits per heavy atom. The van der Waals surface area contributed by atoms with Gasteiger partial charge < -0.3 is 10.1 Å². The van der Waals surface area contributed by atoms with Crippen molar-refractivity contribution in [1.82, 2.24) is 10.2 Å². The Morgan fingerprint density at radius 2 is 2.04 bits per heavy atom. The quantitative estimate of drug-likeness (QED) is 0.903. The number of nitrogens with one attached hydrogen (secondary N) is 1. The van der Waals surface area contributed by atoms with Crippen molar-refractivity contribution in [2.45, 2.75) is 37.8 Å². The van der Waals surface area contributed by atoms with Gasteiger partial charge in [-0.15, -0.1) is 0 Å². The molecule has 1 aliphatic heterocycles. The van der Waals surface area contributed by atoms with Crippen molar-refractivity contribution in [2.24, 2.45) is 0 Å². The lowest BCUT2D eigenvalue weighted by atomic mass is 10.0. The molecule has 23 heavy (non-hydrogen) atoms. The number of benzene rings is 1. The van der Waals surface area contributed by atoms with Crippen molar-refractivity contribution < 1.29 is 18.3 Å². The molecule has 6 heteroatoms. The number of carbonyl (C=O) groups excluding carboxylic acids is 1. The van der Waals surface area contributed by atoms with Crippen molar-refractivity contribution >= 4 is 5.91 Å². The third-order valence-electron chi connectivity index (χ3n) is 4.73. The summed E-state index contributed by atoms with van der Waals surface area (Å²) in [4.78, 5) is 14.8. The zero-order valence-electron chi connectivity index (χ0n) is 13.3. The van der Waals surface area contributed by atoms with E-state index < -0.39 is 17.2 Å². The van der Waals surface area contributed by atoms with E-state index in [2.05, 4.69) is 10.2 Å². The van der Waals surface area contributed by atoms with Gasteiger partial charge in [0.15, 0.2) is 0 Å². The molecule has 126 valence electrons. The smallest absolute Gasteiger partial charge is 0.238 e. The van der Waals surface area contributed by atoms with Crippen LogP contribution in [0.5, 0.6) is 0 Å². The van der Waals surface area contributed by atoms with Crippen LogP contribution in [0.2, 0.25) is 0 Å². The molecule has 1 saturated heterocycles. The highest BCUT2D eigenvalue weighted by atomic mass is 19.1. The van der Waals surface area contributed by atoms with Crippen LogP contribution >= 0.6 is 0 Å². The number of rotatable bonds is 5. The van der Waals surface area contributed by atoms with E-state index in [0.717, 1.165) is 12.1 Å². The van der Waals surface area contributed by atoms with Gasteiger partial charge in [0.25, 0.3) is 0 Å². The number of nitrogens with zero attached hydrogens (tertiary/aromatic N) is 1. The minimum Gasteiger partial charge on any atom is -0.379 e. The molecule has 1 aromatic rings. The molecule has 1 aliphatic carbocycles. The van der Waals surface area contributed by atoms with E-state index in [1.807, 2.05) is 6.92 Å². The number of amides is 1. The topological polar surface area (TPSA) is 41.6 Å². The molecule has 1 aromatic carbocycles. The molecule has 3 rings (SSSR count). The Hall–Kier alpha value is -1.53. The van der Waals surface area contributed by atoms with Crippen LogP contribution in [0.3, 0.4) is 0 Å². The average Bonchev–Trinajstić information content (AvgIpc) is 3.32. The predicted molar refractivity (Wildman–Crippen MR) is 81.9 cm³/mol. The maximum absolute atomic E-state index is 14.0. The summed E-state index contributed by atoms with van der Waals surface area (Å²) in [5.41, 5.74) is -0.495. The van der Waals surface area contributed by atoms with Gasteiger partial charge in [-0.25, -0.2) is 8.78 Å². The SMILES string of the molecule is CC[C@@H](C(=O)NC1(c2cc(F)ccc2F)CC1)N1CCOCC1. The summed E-state index contributed by atoms with van der Waals surface area (Å²) in [7, 11) is 0. The van der Waals surface area contributed by atoms with E-state index >= 15 is 0 Å². The van der Waals surface area contributed by atoms with Crippen molar-refractivity contribution in [3.8, 4) is 0 Å². The molecule has 1 saturated carbocycles. The number of carbonyl (C=O) groups is 1. The number of ether oxygens (including phenoxy) is 1. The predicted octanol–water partition coefficient (Wildman–Crippen LogP) is 2.18. The fraction of sp³-hybridized carbons (Fsp3) is 0.588. The lowest BCUT2D eigenvalue weighted by Gasteiger charge is -2.34. The van der Waals surface area contributed by atoms with Crippen LogP contribution in [0.1, 0.15) is 31.7 Å². The van der Waals surface area contributed by atoms with Crippen LogP contribution in [-0.2, 0) is 15.1 Å². The molecular weight excluding hydrogens is 302 g/mol. The van der Waals surface area contributed by atoms with E-state index in [4.69, 9.17) is 4.74 Å². The third-order valence-corrected chi connectivity index (χ3v) is 4.73. The van der Waals surface area contributed by atoms with Gasteiger partial charge in [-0.05, 0) is 37.5 Å². The van der Waals surface area contributed by atoms with Crippen molar-refractivity contribution in [3.05, 3.63) is 35.4 Å². The van der Waals surface area contributed by atoms with Gasteiger partial charge >= 0.3 is 0 Å². The van der Waals surface area contributed by atoms with Crippen LogP contribution < -0.4 is 5.32 Å². The lowest BCUT2D eigenvalue weighted by Crippen LogP contribution is -2.52. The second kappa shape index (κ2) is 6.53. The fourth-order valence-corrected chi connectivity index (χ4v) is 3.27. The molecule has 1 heterocycles. The van der Waals surface area contributed by atoms with Gasteiger partial charge in [-0.3, -0.25) is 9.69 Å². The molecule has 2 aliphatic rings. The Balaban J connectivity index is 1.74. The summed E-state index contributed by atoms with van der Waals surface area (Å²) in [5, 5.41) is 2.97. The van der Waals surface area contributed by atoms with E-state index in [-0.39, 0.29) is 17.5 Å². The highest BCUT2D eigenvalue weighted by Crippen LogP contribution is 2.46. The second-order valence-corrected chi connectivity index (χ2v) is 6.27. The molecular formula is C17H22F2N2O2. The number of morpholine rings is 1. The van der Waals surface area contributed by atoms with Crippen LogP contribution in [0, 0.1) is 11.6 Å². The largest absolute Gasteiger partial charge is 0.379 e. The van der Waals surface area contributed by atoms with Crippen molar-refractivity contribution in [3.63, 3.8) is 0 Å². The van der Waals surface area contributed by atoms with Crippen LogP contribution in [0.4, 0.5) is 8.78 Å². The molecule has 0 aromatic heterocycles. The van der Waals surface area contributed by atoms with Crippen LogP contribution in [-0.4, -0.2) is 43.2 Å². The summed E-state index contributed by atoms with van der Waals surface area (Å²) in [6.45, 7) is 4.63. The summed E-state index contributed by atoms with van der Waals surface area (Å²) in [6, 6.07) is 3.15. The van der Waals surface area contributed by atoms with E-state index in [9.17, 15) is 13.6 Å². The first-order chi connectivity index (χ1) is 11.1. The zero-order chi connectivity index (χ0) is 16.4. The second-order valence-electron chi connectivity index (χ2n) is 6.27. The van der Waals surface area contributed by atoms with Crippen molar-refractivity contribution in [2.75, 3.05) is 26.3 Å². The zero-order valence-corrected chi connectivity index (χ0v) is 13.3. The first-order valence-electron chi connectivity index (χ1n) is 8.15. The minimum atomic E-state index is -0.747. The molecule has 1 atom stereocenters. The Kier molecular flexibility index (Phi) is 4.64. The number of hydrogen-bond donors (Lipinski definition) is 1. The standard InChI is InChI=1S/C17H22F2N2O2/c1-2-15(21-7-9-23-10-8-21)16(22)20-17(5-6-17)13-11-12(18)3-4-14(13)19/h3-4,11,15H,2,5-10H2,1H3,(H,20,22)/t15-/m0/s1. The van der Waals surface area contributed by atoms with Gasteiger partial charge in [-0.1, -0.05) is 6.92 Å². The van der Waals surface area contributed by atoms with Gasteiger partial charge in [0.1, 0.15) is 11.6 Å². The molecule has 2 fully saturated rings. The molecule has 0 unspecified atom stereocenters. The summed E-state index contributed by atoms with van der Waals surface area (Å²) >= 11 is 0. The van der Waals surface area contributed by atoms with E-state index in [0.29, 0.717) is 45.6 Å². The van der Waals surface area contributed by atoms with Gasteiger partial charge in [0.2, 0.25) is 5.91 Å². The van der Waals surface area contributed by atoms with Crippen LogP contribution in [0.15, 0.2) is 18.2 Å². The third kappa shape index (κ3) is 3.38. The first kappa shape index (κ1) is 16.3. The molecule has 1 amide bonds. The van der Waals surface area contributed by atoms with Gasteiger partial charge in [-0.2, -0.15) is 0 Å². The normalized spacial score (nSPS) is 21.7. The van der Waals surface area contributed by atoms with Gasteiger partial charge in [0.05, 0.1) is 24.8 Å². The van der Waals surface area contributed by atoms with Crippen LogP contribution in [0.25, 0.3) is 0 Å². The summed E-state index contributed by atoms with van der Waals surface area (Å²) in [6.07, 6.45) is 1.95. The number of hydrogen-bond acceptors (Lipinski definition) is 3. The maximum Gasteiger partial charge on any atom is 0.238 e. The lowest BCUT2D eigenvalue weighted by molar-refractivity contribution is -0.129. The molecule has 0 spiro atoms. The molecule has 0 bridgehead atoms. The Morgan fingerprint density at radius 3 is 2.65 bits per heavy atom. The maximum atomic E-state index is 14.0. The van der Waals surface area contributed by atoms with Gasteiger partial charge in [0, 0.05) is 18.7 Å². The molecule has 0 radical (unpaired) electrons. The minimum absolute atomic E-state index is 0.115. The highest BCUT2D eigenvalue weighted by Gasteiger charge is 2.48. The Bertz CT molecular complexity index is 584. The van der Waals surface area contributed by atoms with E-state index in [1.54, 1.807) is 0 Å². The number of halogens is 2. The fourth-order valence-electron chi connectivity index (χ4n) is 3.27. The monoisotopic (exact) mass is 324 g/mol. The average molecular weight is 324 g/mol. The highest BCUT2D eigenvalue weighted by molar-refractivity contribution is 5.83. The Labute approximate surface area is 134 Å². The molecule has 1 N–H and O–H groups in total. The molecule has 4 nitrogen and oxygen atoms in total. The summed E-state index contributed by atoms with van der Waals surface area (Å²) < 4.78 is 32.8. The van der Waals surface area contributed by atoms with E-state index in [1.165, 1.54) is 6.07 Å².